The molecule has 4 rings (SSSR count). The Morgan fingerprint density at radius 3 is 2.77 bits per heavy atom. The lowest BCUT2D eigenvalue weighted by Crippen LogP contribution is -2.30. The highest BCUT2D eigenvalue weighted by Gasteiger charge is 2.31. The summed E-state index contributed by atoms with van der Waals surface area (Å²) in [5.41, 5.74) is 3.13. The van der Waals surface area contributed by atoms with Crippen LogP contribution in [0.4, 0.5) is 0 Å². The zero-order valence-electron chi connectivity index (χ0n) is 14.0. The predicted octanol–water partition coefficient (Wildman–Crippen LogP) is 4.68. The van der Waals surface area contributed by atoms with Crippen molar-refractivity contribution in [2.24, 2.45) is 0 Å². The number of carbonyl (C=O) groups excluding carboxylic acids is 1. The van der Waals surface area contributed by atoms with E-state index in [1.165, 1.54) is 17.3 Å². The molecule has 0 N–H and O–H groups in total. The first kappa shape index (κ1) is 16.9. The number of benzene rings is 2. The molecule has 1 saturated heterocycles. The number of pyridine rings is 1. The Morgan fingerprint density at radius 1 is 1.08 bits per heavy atom. The molecule has 1 aromatic heterocycles. The largest absolute Gasteiger partial charge is 0.293 e. The Bertz CT molecular complexity index is 1010. The van der Waals surface area contributed by atoms with Gasteiger partial charge in [-0.3, -0.25) is 14.7 Å². The lowest BCUT2D eigenvalue weighted by molar-refractivity contribution is -0.122. The van der Waals surface area contributed by atoms with Gasteiger partial charge in [-0.05, 0) is 41.8 Å². The molecule has 26 heavy (non-hydrogen) atoms. The molecule has 1 fully saturated rings. The number of hydrogen-bond donors (Lipinski definition) is 0. The zero-order valence-corrected chi connectivity index (χ0v) is 15.6. The van der Waals surface area contributed by atoms with Gasteiger partial charge < -0.3 is 0 Å². The quantitative estimate of drug-likeness (QED) is 0.489. The minimum absolute atomic E-state index is 0.0118. The maximum absolute atomic E-state index is 12.7. The first-order valence-corrected chi connectivity index (χ1v) is 9.57. The molecule has 0 spiro atoms. The maximum Gasteiger partial charge on any atom is 0.266 e. The van der Waals surface area contributed by atoms with Crippen molar-refractivity contribution in [1.82, 2.24) is 9.88 Å². The fourth-order valence-corrected chi connectivity index (χ4v) is 4.22. The molecular weight excluding hydrogens is 360 g/mol. The number of thioether (sulfide) groups is 1. The molecule has 0 aliphatic carbocycles. The van der Waals surface area contributed by atoms with Gasteiger partial charge in [-0.25, -0.2) is 0 Å². The van der Waals surface area contributed by atoms with E-state index in [2.05, 4.69) is 17.1 Å². The van der Waals surface area contributed by atoms with E-state index in [0.29, 0.717) is 15.8 Å². The molecule has 0 radical (unpaired) electrons. The van der Waals surface area contributed by atoms with Crippen molar-refractivity contribution in [3.63, 3.8) is 0 Å². The van der Waals surface area contributed by atoms with Crippen LogP contribution in [0.1, 0.15) is 11.1 Å². The first-order valence-electron chi connectivity index (χ1n) is 8.35. The van der Waals surface area contributed by atoms with Gasteiger partial charge in [0.15, 0.2) is 0 Å². The van der Waals surface area contributed by atoms with Crippen LogP contribution in [0.2, 0.25) is 0 Å². The molecular formula is C21H16N2OS2. The summed E-state index contributed by atoms with van der Waals surface area (Å²) in [6, 6.07) is 20.1. The van der Waals surface area contributed by atoms with E-state index in [9.17, 15) is 4.79 Å². The number of nitrogens with zero attached hydrogens (tertiary/aromatic N) is 2. The summed E-state index contributed by atoms with van der Waals surface area (Å²) < 4.78 is 0.625. The number of amides is 1. The van der Waals surface area contributed by atoms with Crippen LogP contribution in [-0.4, -0.2) is 26.7 Å². The van der Waals surface area contributed by atoms with E-state index < -0.39 is 0 Å². The van der Waals surface area contributed by atoms with Crippen molar-refractivity contribution >= 4 is 51.2 Å². The van der Waals surface area contributed by atoms with Gasteiger partial charge in [0.25, 0.3) is 5.91 Å². The molecule has 5 heteroatoms. The van der Waals surface area contributed by atoms with E-state index in [4.69, 9.17) is 12.2 Å². The predicted molar refractivity (Wildman–Crippen MR) is 112 cm³/mol. The Hall–Kier alpha value is -2.50. The number of hydrogen-bond acceptors (Lipinski definition) is 4. The van der Waals surface area contributed by atoms with E-state index in [0.717, 1.165) is 22.9 Å². The number of thiocarbonyl (C=S) groups is 1. The highest BCUT2D eigenvalue weighted by molar-refractivity contribution is 8.26. The average Bonchev–Trinajstić information content (AvgIpc) is 2.94. The number of carbonyl (C=O) groups is 1. The number of aromatic nitrogens is 1. The van der Waals surface area contributed by atoms with E-state index in [-0.39, 0.29) is 5.91 Å². The number of rotatable bonds is 4. The maximum atomic E-state index is 12.7. The summed E-state index contributed by atoms with van der Waals surface area (Å²) in [4.78, 5) is 19.4. The molecule has 1 amide bonds. The molecule has 2 aromatic carbocycles. The number of fused-ring (bicyclic) bond motifs is 1. The van der Waals surface area contributed by atoms with E-state index >= 15 is 0 Å². The van der Waals surface area contributed by atoms with Crippen molar-refractivity contribution in [3.05, 3.63) is 82.9 Å². The highest BCUT2D eigenvalue weighted by Crippen LogP contribution is 2.33. The van der Waals surface area contributed by atoms with Gasteiger partial charge in [-0.1, -0.05) is 66.4 Å². The first-order chi connectivity index (χ1) is 12.7. The highest BCUT2D eigenvalue weighted by atomic mass is 32.2. The molecule has 1 aliphatic rings. The Morgan fingerprint density at radius 2 is 1.92 bits per heavy atom. The molecule has 1 aliphatic heterocycles. The van der Waals surface area contributed by atoms with Crippen molar-refractivity contribution in [1.29, 1.82) is 0 Å². The third kappa shape index (κ3) is 3.54. The average molecular weight is 377 g/mol. The molecule has 2 heterocycles. The van der Waals surface area contributed by atoms with Gasteiger partial charge in [-0.2, -0.15) is 0 Å². The summed E-state index contributed by atoms with van der Waals surface area (Å²) in [7, 11) is 0. The molecule has 128 valence electrons. The SMILES string of the molecule is O=C1/C(=C\c2ccc3ncccc3c2)SC(=S)N1CCc1ccccc1. The van der Waals surface area contributed by atoms with Crippen LogP contribution < -0.4 is 0 Å². The van der Waals surface area contributed by atoms with Crippen LogP contribution >= 0.6 is 24.0 Å². The third-order valence-electron chi connectivity index (χ3n) is 4.27. The molecule has 0 unspecified atom stereocenters. The van der Waals surface area contributed by atoms with Crippen molar-refractivity contribution in [2.75, 3.05) is 6.54 Å². The topological polar surface area (TPSA) is 33.2 Å². The summed E-state index contributed by atoms with van der Waals surface area (Å²) in [5, 5.41) is 1.06. The van der Waals surface area contributed by atoms with Crippen molar-refractivity contribution < 1.29 is 4.79 Å². The molecule has 0 bridgehead atoms. The van der Waals surface area contributed by atoms with Gasteiger partial charge in [-0.15, -0.1) is 0 Å². The Labute approximate surface area is 161 Å². The Kier molecular flexibility index (Phi) is 4.82. The van der Waals surface area contributed by atoms with Crippen molar-refractivity contribution in [3.8, 4) is 0 Å². The Balaban J connectivity index is 1.52. The smallest absolute Gasteiger partial charge is 0.266 e. The monoisotopic (exact) mass is 376 g/mol. The standard InChI is InChI=1S/C21H16N2OS2/c24-20-19(14-16-8-9-18-17(13-16)7-4-11-22-18)26-21(25)23(20)12-10-15-5-2-1-3-6-15/h1-9,11,13-14H,10,12H2/b19-14+. The second kappa shape index (κ2) is 7.40. The summed E-state index contributed by atoms with van der Waals surface area (Å²) >= 11 is 6.79. The minimum atomic E-state index is -0.0118. The van der Waals surface area contributed by atoms with Gasteiger partial charge in [0.2, 0.25) is 0 Å². The molecule has 0 saturated carbocycles. The molecule has 0 atom stereocenters. The second-order valence-corrected chi connectivity index (χ2v) is 7.70. The fraction of sp³-hybridized carbons (Fsp3) is 0.0952. The van der Waals surface area contributed by atoms with Crippen LogP contribution in [0, 0.1) is 0 Å². The van der Waals surface area contributed by atoms with Gasteiger partial charge in [0, 0.05) is 18.1 Å². The zero-order chi connectivity index (χ0) is 17.9. The van der Waals surface area contributed by atoms with Crippen LogP contribution in [0.5, 0.6) is 0 Å². The summed E-state index contributed by atoms with van der Waals surface area (Å²) in [6.07, 6.45) is 4.48. The normalized spacial score (nSPS) is 16.0. The van der Waals surface area contributed by atoms with E-state index in [1.807, 2.05) is 54.6 Å². The van der Waals surface area contributed by atoms with Crippen LogP contribution in [0.25, 0.3) is 17.0 Å². The van der Waals surface area contributed by atoms with Gasteiger partial charge in [0.1, 0.15) is 4.32 Å². The summed E-state index contributed by atoms with van der Waals surface area (Å²) in [5.74, 6) is -0.0118. The van der Waals surface area contributed by atoms with E-state index in [1.54, 1.807) is 11.1 Å². The third-order valence-corrected chi connectivity index (χ3v) is 5.64. The van der Waals surface area contributed by atoms with Crippen molar-refractivity contribution in [2.45, 2.75) is 6.42 Å². The van der Waals surface area contributed by atoms with Crippen LogP contribution in [0.3, 0.4) is 0 Å². The van der Waals surface area contributed by atoms with Gasteiger partial charge in [0.05, 0.1) is 10.4 Å². The molecule has 3 nitrogen and oxygen atoms in total. The molecule has 3 aromatic rings. The summed E-state index contributed by atoms with van der Waals surface area (Å²) in [6.45, 7) is 0.605. The minimum Gasteiger partial charge on any atom is -0.293 e. The lowest BCUT2D eigenvalue weighted by atomic mass is 10.1. The van der Waals surface area contributed by atoms with Crippen LogP contribution in [-0.2, 0) is 11.2 Å². The fourth-order valence-electron chi connectivity index (χ4n) is 2.91. The van der Waals surface area contributed by atoms with Gasteiger partial charge >= 0.3 is 0 Å². The van der Waals surface area contributed by atoms with Crippen LogP contribution in [0.15, 0.2) is 71.8 Å². The lowest BCUT2D eigenvalue weighted by Gasteiger charge is -2.14. The second-order valence-electron chi connectivity index (χ2n) is 6.02.